The molecular weight excluding hydrogens is 311 g/mol. The third-order valence-electron chi connectivity index (χ3n) is 2.60. The minimum atomic E-state index is -0.333. The summed E-state index contributed by atoms with van der Waals surface area (Å²) in [6, 6.07) is 5.09. The predicted molar refractivity (Wildman–Crippen MR) is 76.1 cm³/mol. The molecule has 0 fully saturated rings. The topological polar surface area (TPSA) is 38.1 Å². The highest BCUT2D eigenvalue weighted by Crippen LogP contribution is 2.28. The maximum absolute atomic E-state index is 13.9. The first-order valence-electron chi connectivity index (χ1n) is 6.17. The van der Waals surface area contributed by atoms with E-state index in [1.165, 1.54) is 0 Å². The van der Waals surface area contributed by atoms with Crippen LogP contribution in [0.4, 0.5) is 4.39 Å². The summed E-state index contributed by atoms with van der Waals surface area (Å²) in [5, 5.41) is 3.23. The molecule has 5 heteroatoms. The summed E-state index contributed by atoms with van der Waals surface area (Å²) in [6.45, 7) is 5.70. The van der Waals surface area contributed by atoms with E-state index in [2.05, 4.69) is 40.1 Å². The first-order chi connectivity index (χ1) is 9.08. The average molecular weight is 327 g/mol. The highest BCUT2D eigenvalue weighted by atomic mass is 79.9. The van der Waals surface area contributed by atoms with Gasteiger partial charge in [-0.2, -0.15) is 0 Å². The molecular formula is C14H16BrFN2O. The molecule has 3 nitrogen and oxygen atoms in total. The molecule has 0 saturated carbocycles. The lowest BCUT2D eigenvalue weighted by molar-refractivity contribution is 0.457. The molecule has 1 heterocycles. The molecule has 0 amide bonds. The van der Waals surface area contributed by atoms with Crippen molar-refractivity contribution in [2.45, 2.75) is 20.4 Å². The highest BCUT2D eigenvalue weighted by molar-refractivity contribution is 9.10. The Hall–Kier alpha value is -1.20. The predicted octanol–water partition coefficient (Wildman–Crippen LogP) is 3.99. The first kappa shape index (κ1) is 14.2. The second kappa shape index (κ2) is 6.30. The molecule has 1 aromatic carbocycles. The van der Waals surface area contributed by atoms with Crippen LogP contribution in [0.15, 0.2) is 33.3 Å². The zero-order valence-corrected chi connectivity index (χ0v) is 12.5. The molecule has 0 atom stereocenters. The van der Waals surface area contributed by atoms with Crippen molar-refractivity contribution in [2.24, 2.45) is 5.92 Å². The van der Waals surface area contributed by atoms with Gasteiger partial charge in [0.1, 0.15) is 5.82 Å². The number of benzene rings is 1. The van der Waals surface area contributed by atoms with Crippen LogP contribution in [0.2, 0.25) is 0 Å². The molecule has 0 saturated heterocycles. The highest BCUT2D eigenvalue weighted by Gasteiger charge is 2.12. The minimum Gasteiger partial charge on any atom is -0.439 e. The lowest BCUT2D eigenvalue weighted by atomic mass is 10.2. The van der Waals surface area contributed by atoms with Crippen molar-refractivity contribution < 1.29 is 8.81 Å². The van der Waals surface area contributed by atoms with Gasteiger partial charge in [-0.1, -0.05) is 19.9 Å². The van der Waals surface area contributed by atoms with Crippen LogP contribution in [-0.4, -0.2) is 11.5 Å². The Morgan fingerprint density at radius 3 is 2.95 bits per heavy atom. The fraction of sp³-hybridized carbons (Fsp3) is 0.357. The summed E-state index contributed by atoms with van der Waals surface area (Å²) in [7, 11) is 0. The SMILES string of the molecule is CC(C)CNCc1ncc(-c2cccc(Br)c2F)o1. The van der Waals surface area contributed by atoms with E-state index < -0.39 is 0 Å². The normalized spacial score (nSPS) is 11.2. The third-order valence-corrected chi connectivity index (χ3v) is 3.21. The average Bonchev–Trinajstić information content (AvgIpc) is 2.81. The summed E-state index contributed by atoms with van der Waals surface area (Å²) < 4.78 is 19.9. The Labute approximate surface area is 120 Å². The van der Waals surface area contributed by atoms with E-state index >= 15 is 0 Å². The first-order valence-corrected chi connectivity index (χ1v) is 6.97. The van der Waals surface area contributed by atoms with Gasteiger partial charge in [0.15, 0.2) is 5.76 Å². The molecule has 102 valence electrons. The Morgan fingerprint density at radius 2 is 2.21 bits per heavy atom. The van der Waals surface area contributed by atoms with Gasteiger partial charge in [-0.15, -0.1) is 0 Å². The smallest absolute Gasteiger partial charge is 0.208 e. The molecule has 0 bridgehead atoms. The molecule has 19 heavy (non-hydrogen) atoms. The van der Waals surface area contributed by atoms with E-state index in [0.29, 0.717) is 34.1 Å². The Kier molecular flexibility index (Phi) is 4.71. The molecule has 1 N–H and O–H groups in total. The lowest BCUT2D eigenvalue weighted by Crippen LogP contribution is -2.18. The minimum absolute atomic E-state index is 0.333. The number of oxazole rings is 1. The van der Waals surface area contributed by atoms with Crippen LogP contribution >= 0.6 is 15.9 Å². The van der Waals surface area contributed by atoms with Crippen molar-refractivity contribution in [3.05, 3.63) is 40.6 Å². The van der Waals surface area contributed by atoms with Gasteiger partial charge >= 0.3 is 0 Å². The largest absolute Gasteiger partial charge is 0.439 e. The molecule has 0 aliphatic rings. The van der Waals surface area contributed by atoms with Gasteiger partial charge < -0.3 is 9.73 Å². The Morgan fingerprint density at radius 1 is 1.42 bits per heavy atom. The van der Waals surface area contributed by atoms with Gasteiger partial charge in [-0.05, 0) is 40.5 Å². The fourth-order valence-corrected chi connectivity index (χ4v) is 2.04. The van der Waals surface area contributed by atoms with Gasteiger partial charge in [0.05, 0.1) is 22.8 Å². The number of nitrogens with one attached hydrogen (secondary N) is 1. The van der Waals surface area contributed by atoms with E-state index in [1.54, 1.807) is 24.4 Å². The summed E-state index contributed by atoms with van der Waals surface area (Å²) in [5.41, 5.74) is 0.414. The van der Waals surface area contributed by atoms with Crippen molar-refractivity contribution in [1.29, 1.82) is 0 Å². The molecule has 1 aromatic heterocycles. The number of rotatable bonds is 5. The number of aromatic nitrogens is 1. The van der Waals surface area contributed by atoms with E-state index in [4.69, 9.17) is 4.42 Å². The van der Waals surface area contributed by atoms with Gasteiger partial charge in [0.2, 0.25) is 5.89 Å². The van der Waals surface area contributed by atoms with Crippen molar-refractivity contribution in [1.82, 2.24) is 10.3 Å². The molecule has 0 aliphatic heterocycles. The summed E-state index contributed by atoms with van der Waals surface area (Å²) >= 11 is 3.16. The second-order valence-corrected chi connectivity index (χ2v) is 5.60. The fourth-order valence-electron chi connectivity index (χ4n) is 1.68. The van der Waals surface area contributed by atoms with Crippen LogP contribution in [0.3, 0.4) is 0 Å². The second-order valence-electron chi connectivity index (χ2n) is 4.74. The third kappa shape index (κ3) is 3.64. The van der Waals surface area contributed by atoms with Crippen LogP contribution in [0.5, 0.6) is 0 Å². The van der Waals surface area contributed by atoms with Gasteiger partial charge in [0, 0.05) is 0 Å². The Balaban J connectivity index is 2.10. The lowest BCUT2D eigenvalue weighted by Gasteiger charge is -2.04. The number of hydrogen-bond donors (Lipinski definition) is 1. The monoisotopic (exact) mass is 326 g/mol. The summed E-state index contributed by atoms with van der Waals surface area (Å²) in [5.74, 6) is 1.24. The number of nitrogens with zero attached hydrogens (tertiary/aromatic N) is 1. The maximum Gasteiger partial charge on any atom is 0.208 e. The van der Waals surface area contributed by atoms with E-state index in [9.17, 15) is 4.39 Å². The van der Waals surface area contributed by atoms with E-state index in [1.807, 2.05) is 0 Å². The van der Waals surface area contributed by atoms with Crippen molar-refractivity contribution >= 4 is 15.9 Å². The van der Waals surface area contributed by atoms with E-state index in [0.717, 1.165) is 6.54 Å². The standard InChI is InChI=1S/C14H16BrFN2O/c1-9(2)6-17-8-13-18-7-12(19-13)10-4-3-5-11(15)14(10)16/h3-5,7,9,17H,6,8H2,1-2H3. The molecule has 2 rings (SSSR count). The zero-order valence-electron chi connectivity index (χ0n) is 10.9. The van der Waals surface area contributed by atoms with Crippen molar-refractivity contribution in [2.75, 3.05) is 6.54 Å². The quantitative estimate of drug-likeness (QED) is 0.902. The van der Waals surface area contributed by atoms with Crippen LogP contribution in [0.1, 0.15) is 19.7 Å². The van der Waals surface area contributed by atoms with Crippen molar-refractivity contribution in [3.8, 4) is 11.3 Å². The summed E-state index contributed by atoms with van der Waals surface area (Å²) in [4.78, 5) is 4.15. The maximum atomic E-state index is 13.9. The molecule has 0 spiro atoms. The Bertz CT molecular complexity index is 554. The molecule has 2 aromatic rings. The molecule has 0 aliphatic carbocycles. The number of halogens is 2. The van der Waals surface area contributed by atoms with Crippen molar-refractivity contribution in [3.63, 3.8) is 0 Å². The van der Waals surface area contributed by atoms with Crippen LogP contribution in [0, 0.1) is 11.7 Å². The van der Waals surface area contributed by atoms with Gasteiger partial charge in [-0.3, -0.25) is 0 Å². The molecule has 0 radical (unpaired) electrons. The van der Waals surface area contributed by atoms with E-state index in [-0.39, 0.29) is 5.82 Å². The summed E-state index contributed by atoms with van der Waals surface area (Å²) in [6.07, 6.45) is 1.55. The van der Waals surface area contributed by atoms with Crippen LogP contribution in [0.25, 0.3) is 11.3 Å². The van der Waals surface area contributed by atoms with Gasteiger partial charge in [-0.25, -0.2) is 9.37 Å². The van der Waals surface area contributed by atoms with Gasteiger partial charge in [0.25, 0.3) is 0 Å². The van der Waals surface area contributed by atoms with Crippen LogP contribution < -0.4 is 5.32 Å². The molecule has 0 unspecified atom stereocenters. The number of hydrogen-bond acceptors (Lipinski definition) is 3. The van der Waals surface area contributed by atoms with Crippen LogP contribution in [-0.2, 0) is 6.54 Å². The zero-order chi connectivity index (χ0) is 13.8.